The minimum Gasteiger partial charge on any atom is -0.444 e. The maximum atomic E-state index is 13.2. The minimum atomic E-state index is -4.70. The van der Waals surface area contributed by atoms with Gasteiger partial charge < -0.3 is 9.73 Å². The van der Waals surface area contributed by atoms with E-state index in [1.165, 1.54) is 6.07 Å². The standard InChI is InChI=1S/C14H14F4N2O/c1-8-6-20-13(21-8)9(2)19-7-10-3-4-12(15)11(5-10)14(16,17)18/h3-6,9,19H,7H2,1-2H3. The molecule has 1 aromatic heterocycles. The zero-order valence-corrected chi connectivity index (χ0v) is 11.5. The van der Waals surface area contributed by atoms with Gasteiger partial charge in [0.15, 0.2) is 0 Å². The molecule has 1 atom stereocenters. The molecule has 0 amide bonds. The van der Waals surface area contributed by atoms with Gasteiger partial charge in [0.05, 0.1) is 17.8 Å². The van der Waals surface area contributed by atoms with Gasteiger partial charge in [-0.2, -0.15) is 13.2 Å². The topological polar surface area (TPSA) is 38.1 Å². The first-order valence-electron chi connectivity index (χ1n) is 6.28. The van der Waals surface area contributed by atoms with E-state index in [-0.39, 0.29) is 12.6 Å². The highest BCUT2D eigenvalue weighted by Crippen LogP contribution is 2.31. The summed E-state index contributed by atoms with van der Waals surface area (Å²) >= 11 is 0. The second kappa shape index (κ2) is 5.85. The number of nitrogens with zero attached hydrogens (tertiary/aromatic N) is 1. The zero-order chi connectivity index (χ0) is 15.6. The molecule has 0 aliphatic rings. The van der Waals surface area contributed by atoms with Crippen molar-refractivity contribution in [2.45, 2.75) is 32.6 Å². The molecule has 2 aromatic rings. The molecule has 0 bridgehead atoms. The van der Waals surface area contributed by atoms with Crippen molar-refractivity contribution in [3.8, 4) is 0 Å². The molecule has 0 fully saturated rings. The number of alkyl halides is 3. The summed E-state index contributed by atoms with van der Waals surface area (Å²) in [7, 11) is 0. The number of oxazole rings is 1. The van der Waals surface area contributed by atoms with Crippen molar-refractivity contribution in [3.05, 3.63) is 53.0 Å². The second-order valence-corrected chi connectivity index (χ2v) is 4.72. The zero-order valence-electron chi connectivity index (χ0n) is 11.5. The minimum absolute atomic E-state index is 0.145. The maximum absolute atomic E-state index is 13.2. The largest absolute Gasteiger partial charge is 0.444 e. The molecule has 3 nitrogen and oxygen atoms in total. The lowest BCUT2D eigenvalue weighted by Gasteiger charge is -2.13. The van der Waals surface area contributed by atoms with Crippen molar-refractivity contribution in [1.82, 2.24) is 10.3 Å². The molecule has 0 aliphatic carbocycles. The van der Waals surface area contributed by atoms with E-state index >= 15 is 0 Å². The van der Waals surface area contributed by atoms with Crippen LogP contribution in [0.4, 0.5) is 17.6 Å². The molecule has 1 aromatic carbocycles. The molecule has 1 N–H and O–H groups in total. The first-order valence-corrected chi connectivity index (χ1v) is 6.28. The van der Waals surface area contributed by atoms with Crippen molar-refractivity contribution < 1.29 is 22.0 Å². The van der Waals surface area contributed by atoms with Crippen LogP contribution in [0.3, 0.4) is 0 Å². The first-order chi connectivity index (χ1) is 9.77. The highest BCUT2D eigenvalue weighted by molar-refractivity contribution is 5.27. The number of nitrogens with one attached hydrogen (secondary N) is 1. The van der Waals surface area contributed by atoms with Gasteiger partial charge in [0.1, 0.15) is 11.6 Å². The number of benzene rings is 1. The van der Waals surface area contributed by atoms with Gasteiger partial charge in [0.25, 0.3) is 0 Å². The SMILES string of the molecule is Cc1cnc(C(C)NCc2ccc(F)c(C(F)(F)F)c2)o1. The third-order valence-corrected chi connectivity index (χ3v) is 2.96. The average molecular weight is 302 g/mol. The summed E-state index contributed by atoms with van der Waals surface area (Å²) in [5.41, 5.74) is -0.930. The molecule has 7 heteroatoms. The fraction of sp³-hybridized carbons (Fsp3) is 0.357. The molecular weight excluding hydrogens is 288 g/mol. The number of hydrogen-bond acceptors (Lipinski definition) is 3. The average Bonchev–Trinajstić information content (AvgIpc) is 2.83. The van der Waals surface area contributed by atoms with Crippen LogP contribution in [0.1, 0.15) is 35.7 Å². The Morgan fingerprint density at radius 1 is 1.33 bits per heavy atom. The Hall–Kier alpha value is -1.89. The van der Waals surface area contributed by atoms with E-state index in [9.17, 15) is 17.6 Å². The third-order valence-electron chi connectivity index (χ3n) is 2.96. The van der Waals surface area contributed by atoms with Gasteiger partial charge in [-0.05, 0) is 31.5 Å². The predicted octanol–water partition coefficient (Wildman–Crippen LogP) is 3.99. The number of aryl methyl sites for hydroxylation is 1. The number of halogens is 4. The molecule has 0 spiro atoms. The van der Waals surface area contributed by atoms with Crippen LogP contribution in [0.5, 0.6) is 0 Å². The fourth-order valence-electron chi connectivity index (χ4n) is 1.83. The Balaban J connectivity index is 2.07. The molecule has 21 heavy (non-hydrogen) atoms. The normalized spacial score (nSPS) is 13.4. The molecular formula is C14H14F4N2O. The van der Waals surface area contributed by atoms with Crippen LogP contribution < -0.4 is 5.32 Å². The molecule has 1 unspecified atom stereocenters. The summed E-state index contributed by atoms with van der Waals surface area (Å²) < 4.78 is 56.3. The van der Waals surface area contributed by atoms with E-state index < -0.39 is 17.6 Å². The Morgan fingerprint density at radius 2 is 2.05 bits per heavy atom. The van der Waals surface area contributed by atoms with Crippen LogP contribution in [-0.2, 0) is 12.7 Å². The van der Waals surface area contributed by atoms with Gasteiger partial charge in [0.2, 0.25) is 5.89 Å². The van der Waals surface area contributed by atoms with Crippen LogP contribution in [0, 0.1) is 12.7 Å². The summed E-state index contributed by atoms with van der Waals surface area (Å²) in [5, 5.41) is 2.98. The van der Waals surface area contributed by atoms with Gasteiger partial charge in [0, 0.05) is 6.54 Å². The molecule has 0 saturated carbocycles. The van der Waals surface area contributed by atoms with Crippen molar-refractivity contribution in [3.63, 3.8) is 0 Å². The predicted molar refractivity (Wildman–Crippen MR) is 67.9 cm³/mol. The van der Waals surface area contributed by atoms with Gasteiger partial charge in [-0.25, -0.2) is 9.37 Å². The molecule has 2 rings (SSSR count). The first kappa shape index (κ1) is 15.5. The van der Waals surface area contributed by atoms with Crippen molar-refractivity contribution in [1.29, 1.82) is 0 Å². The Morgan fingerprint density at radius 3 is 2.62 bits per heavy atom. The summed E-state index contributed by atoms with van der Waals surface area (Å²) in [6, 6.07) is 2.67. The molecule has 114 valence electrons. The fourth-order valence-corrected chi connectivity index (χ4v) is 1.83. The van der Waals surface area contributed by atoms with E-state index in [4.69, 9.17) is 4.42 Å². The van der Waals surface area contributed by atoms with Crippen molar-refractivity contribution in [2.24, 2.45) is 0 Å². The van der Waals surface area contributed by atoms with Gasteiger partial charge in [-0.3, -0.25) is 0 Å². The van der Waals surface area contributed by atoms with E-state index in [2.05, 4.69) is 10.3 Å². The van der Waals surface area contributed by atoms with Gasteiger partial charge in [-0.15, -0.1) is 0 Å². The number of aromatic nitrogens is 1. The molecule has 0 aliphatic heterocycles. The van der Waals surface area contributed by atoms with Crippen molar-refractivity contribution >= 4 is 0 Å². The van der Waals surface area contributed by atoms with E-state index in [1.54, 1.807) is 20.0 Å². The molecule has 1 heterocycles. The molecule has 0 saturated heterocycles. The monoisotopic (exact) mass is 302 g/mol. The lowest BCUT2D eigenvalue weighted by molar-refractivity contribution is -0.140. The molecule has 0 radical (unpaired) electrons. The van der Waals surface area contributed by atoms with E-state index in [0.717, 1.165) is 12.1 Å². The van der Waals surface area contributed by atoms with Crippen LogP contribution >= 0.6 is 0 Å². The lowest BCUT2D eigenvalue weighted by Crippen LogP contribution is -2.19. The van der Waals surface area contributed by atoms with Gasteiger partial charge in [-0.1, -0.05) is 6.07 Å². The van der Waals surface area contributed by atoms with Gasteiger partial charge >= 0.3 is 6.18 Å². The Labute approximate surface area is 119 Å². The smallest absolute Gasteiger partial charge is 0.419 e. The summed E-state index contributed by atoms with van der Waals surface area (Å²) in [6.45, 7) is 3.67. The summed E-state index contributed by atoms with van der Waals surface area (Å²) in [4.78, 5) is 4.03. The van der Waals surface area contributed by atoms with Crippen LogP contribution in [-0.4, -0.2) is 4.98 Å². The quantitative estimate of drug-likeness (QED) is 0.868. The second-order valence-electron chi connectivity index (χ2n) is 4.72. The van der Waals surface area contributed by atoms with Crippen LogP contribution in [0.2, 0.25) is 0 Å². The van der Waals surface area contributed by atoms with Crippen molar-refractivity contribution in [2.75, 3.05) is 0 Å². The highest BCUT2D eigenvalue weighted by atomic mass is 19.4. The number of hydrogen-bond donors (Lipinski definition) is 1. The highest BCUT2D eigenvalue weighted by Gasteiger charge is 2.34. The Kier molecular flexibility index (Phi) is 4.32. The maximum Gasteiger partial charge on any atom is 0.419 e. The summed E-state index contributed by atoms with van der Waals surface area (Å²) in [6.07, 6.45) is -3.14. The van der Waals surface area contributed by atoms with E-state index in [0.29, 0.717) is 17.2 Å². The van der Waals surface area contributed by atoms with E-state index in [1.807, 2.05) is 0 Å². The van der Waals surface area contributed by atoms with Crippen LogP contribution in [0.25, 0.3) is 0 Å². The lowest BCUT2D eigenvalue weighted by atomic mass is 10.1. The number of rotatable bonds is 4. The Bertz CT molecular complexity index is 622. The third kappa shape index (κ3) is 3.81. The summed E-state index contributed by atoms with van der Waals surface area (Å²) in [5.74, 6) is -0.173. The van der Waals surface area contributed by atoms with Crippen LogP contribution in [0.15, 0.2) is 28.8 Å².